The number of carboxylic acids is 1. The first-order valence-electron chi connectivity index (χ1n) is 7.93. The van der Waals surface area contributed by atoms with Crippen molar-refractivity contribution in [2.45, 2.75) is 91.9 Å². The van der Waals surface area contributed by atoms with Crippen molar-refractivity contribution in [1.29, 1.82) is 0 Å². The van der Waals surface area contributed by atoms with Gasteiger partial charge < -0.3 is 10.2 Å². The van der Waals surface area contributed by atoms with Gasteiger partial charge >= 0.3 is 5.97 Å². The zero-order chi connectivity index (χ0) is 15.4. The van der Waals surface area contributed by atoms with E-state index in [0.717, 1.165) is 25.7 Å². The second-order valence-corrected chi connectivity index (χ2v) is 4.64. The van der Waals surface area contributed by atoms with E-state index in [0.29, 0.717) is 13.0 Å². The van der Waals surface area contributed by atoms with Crippen LogP contribution in [0.15, 0.2) is 0 Å². The lowest BCUT2D eigenvalue weighted by Crippen LogP contribution is -1.91. The predicted molar refractivity (Wildman–Crippen MR) is 83.6 cm³/mol. The number of rotatable bonds is 9. The molecule has 0 rings (SSSR count). The van der Waals surface area contributed by atoms with Gasteiger partial charge in [-0.3, -0.25) is 4.79 Å². The molecule has 0 unspecified atom stereocenters. The number of unbranched alkanes of at least 4 members (excludes halogenated alkanes) is 6. The molecule has 0 aromatic rings. The smallest absolute Gasteiger partial charge is 0.303 e. The molecule has 2 N–H and O–H groups in total. The Hall–Kier alpha value is -0.570. The minimum Gasteiger partial charge on any atom is -0.481 e. The topological polar surface area (TPSA) is 57.5 Å². The number of aliphatic carboxylic acids is 1. The third-order valence-corrected chi connectivity index (χ3v) is 2.46. The first kappa shape index (κ1) is 23.5. The van der Waals surface area contributed by atoms with Gasteiger partial charge in [0.15, 0.2) is 0 Å². The van der Waals surface area contributed by atoms with Gasteiger partial charge in [0.25, 0.3) is 0 Å². The van der Waals surface area contributed by atoms with E-state index in [2.05, 4.69) is 20.8 Å². The third-order valence-electron chi connectivity index (χ3n) is 2.46. The van der Waals surface area contributed by atoms with Crippen molar-refractivity contribution < 1.29 is 15.0 Å². The van der Waals surface area contributed by atoms with E-state index in [4.69, 9.17) is 10.2 Å². The van der Waals surface area contributed by atoms with Crippen LogP contribution in [0.4, 0.5) is 0 Å². The maximum atomic E-state index is 9.76. The number of aliphatic hydroxyl groups excluding tert-OH is 1. The molecule has 19 heavy (non-hydrogen) atoms. The number of aliphatic hydroxyl groups is 1. The summed E-state index contributed by atoms with van der Waals surface area (Å²) >= 11 is 0. The fourth-order valence-electron chi connectivity index (χ4n) is 1.16. The van der Waals surface area contributed by atoms with Gasteiger partial charge in [0.2, 0.25) is 0 Å². The zero-order valence-electron chi connectivity index (χ0n) is 13.6. The van der Waals surface area contributed by atoms with Crippen LogP contribution in [0.5, 0.6) is 0 Å². The van der Waals surface area contributed by atoms with Crippen molar-refractivity contribution in [3.63, 3.8) is 0 Å². The Balaban J connectivity index is -0.000000206. The second kappa shape index (κ2) is 26.1. The molecule has 0 heterocycles. The maximum absolute atomic E-state index is 9.76. The van der Waals surface area contributed by atoms with Crippen molar-refractivity contribution in [2.24, 2.45) is 0 Å². The third kappa shape index (κ3) is 46.7. The molecule has 0 spiro atoms. The van der Waals surface area contributed by atoms with Crippen LogP contribution in [0, 0.1) is 0 Å². The van der Waals surface area contributed by atoms with Crippen LogP contribution in [0.25, 0.3) is 0 Å². The summed E-state index contributed by atoms with van der Waals surface area (Å²) in [5, 5.41) is 16.1. The Morgan fingerprint density at radius 1 is 0.737 bits per heavy atom. The van der Waals surface area contributed by atoms with Gasteiger partial charge in [0.1, 0.15) is 0 Å². The minimum absolute atomic E-state index is 0.316. The largest absolute Gasteiger partial charge is 0.481 e. The molecule has 0 fully saturated rings. The first-order valence-corrected chi connectivity index (χ1v) is 7.93. The fraction of sp³-hybridized carbons (Fsp3) is 0.938. The van der Waals surface area contributed by atoms with E-state index in [1.54, 1.807) is 0 Å². The van der Waals surface area contributed by atoms with Crippen LogP contribution in [0.2, 0.25) is 0 Å². The Bertz CT molecular complexity index is 141. The van der Waals surface area contributed by atoms with Crippen LogP contribution in [0.1, 0.15) is 91.9 Å². The molecule has 118 valence electrons. The highest BCUT2D eigenvalue weighted by atomic mass is 16.4. The lowest BCUT2D eigenvalue weighted by molar-refractivity contribution is -0.137. The van der Waals surface area contributed by atoms with Gasteiger partial charge in [0, 0.05) is 13.0 Å². The molecule has 0 aromatic heterocycles. The van der Waals surface area contributed by atoms with Gasteiger partial charge in [0.05, 0.1) is 0 Å². The summed E-state index contributed by atoms with van der Waals surface area (Å²) in [7, 11) is 0. The molecule has 0 saturated carbocycles. The highest BCUT2D eigenvalue weighted by molar-refractivity contribution is 5.66. The summed E-state index contributed by atoms with van der Waals surface area (Å²) in [5.41, 5.74) is 0. The van der Waals surface area contributed by atoms with E-state index in [9.17, 15) is 4.79 Å². The van der Waals surface area contributed by atoms with E-state index >= 15 is 0 Å². The molecule has 0 radical (unpaired) electrons. The van der Waals surface area contributed by atoms with Crippen LogP contribution in [-0.2, 0) is 4.79 Å². The first-order chi connectivity index (χ1) is 9.10. The van der Waals surface area contributed by atoms with E-state index < -0.39 is 5.97 Å². The SMILES string of the molecule is CCCCC(=O)O.CCCCCCC.CCCCO. The Labute approximate surface area is 120 Å². The van der Waals surface area contributed by atoms with Crippen LogP contribution < -0.4 is 0 Å². The maximum Gasteiger partial charge on any atom is 0.303 e. The summed E-state index contributed by atoms with van der Waals surface area (Å²) in [4.78, 5) is 9.76. The molecule has 0 bridgehead atoms. The Kier molecular flexibility index (Phi) is 32.3. The number of hydrogen-bond donors (Lipinski definition) is 2. The molecule has 0 aliphatic rings. The van der Waals surface area contributed by atoms with Crippen molar-refractivity contribution in [1.82, 2.24) is 0 Å². The minimum atomic E-state index is -0.693. The molecule has 0 aliphatic heterocycles. The zero-order valence-corrected chi connectivity index (χ0v) is 13.6. The molecule has 0 saturated heterocycles. The highest BCUT2D eigenvalue weighted by Gasteiger charge is 1.90. The molecule has 3 heteroatoms. The molecule has 0 aromatic carbocycles. The Morgan fingerprint density at radius 2 is 1.16 bits per heavy atom. The van der Waals surface area contributed by atoms with E-state index in [-0.39, 0.29) is 0 Å². The molecular weight excluding hydrogens is 240 g/mol. The average Bonchev–Trinajstić information content (AvgIpc) is 2.39. The molecular formula is C16H36O3. The second-order valence-electron chi connectivity index (χ2n) is 4.64. The van der Waals surface area contributed by atoms with E-state index in [1.807, 2.05) is 6.92 Å². The van der Waals surface area contributed by atoms with Gasteiger partial charge in [-0.2, -0.15) is 0 Å². The molecule has 3 nitrogen and oxygen atoms in total. The summed E-state index contributed by atoms with van der Waals surface area (Å²) < 4.78 is 0. The Morgan fingerprint density at radius 3 is 1.32 bits per heavy atom. The number of carbonyl (C=O) groups is 1. The van der Waals surface area contributed by atoms with E-state index in [1.165, 1.54) is 32.1 Å². The van der Waals surface area contributed by atoms with Crippen molar-refractivity contribution in [2.75, 3.05) is 6.61 Å². The van der Waals surface area contributed by atoms with Crippen molar-refractivity contribution in [3.8, 4) is 0 Å². The van der Waals surface area contributed by atoms with Gasteiger partial charge in [-0.25, -0.2) is 0 Å². The van der Waals surface area contributed by atoms with Crippen LogP contribution in [0.3, 0.4) is 0 Å². The monoisotopic (exact) mass is 276 g/mol. The lowest BCUT2D eigenvalue weighted by atomic mass is 10.2. The summed E-state index contributed by atoms with van der Waals surface area (Å²) in [6, 6.07) is 0. The standard InChI is InChI=1S/C7H16.C5H10O2.C4H10O/c1-3-5-7-6-4-2;1-2-3-4-5(6)7;1-2-3-4-5/h3-7H2,1-2H3;2-4H2,1H3,(H,6,7);5H,2-4H2,1H3. The van der Waals surface area contributed by atoms with Crippen molar-refractivity contribution in [3.05, 3.63) is 0 Å². The summed E-state index contributed by atoms with van der Waals surface area (Å²) in [6.45, 7) is 8.86. The molecule has 0 atom stereocenters. The summed E-state index contributed by atoms with van der Waals surface area (Å²) in [6.07, 6.45) is 11.1. The molecule has 0 aliphatic carbocycles. The van der Waals surface area contributed by atoms with Gasteiger partial charge in [-0.15, -0.1) is 0 Å². The summed E-state index contributed by atoms with van der Waals surface area (Å²) in [5.74, 6) is -0.693. The lowest BCUT2D eigenvalue weighted by Gasteiger charge is -1.90. The number of carboxylic acid groups (broad SMARTS) is 1. The fourth-order valence-corrected chi connectivity index (χ4v) is 1.16. The van der Waals surface area contributed by atoms with Crippen molar-refractivity contribution >= 4 is 5.97 Å². The normalized spacial score (nSPS) is 8.89. The quantitative estimate of drug-likeness (QED) is 0.581. The van der Waals surface area contributed by atoms with Crippen LogP contribution in [-0.4, -0.2) is 22.8 Å². The highest BCUT2D eigenvalue weighted by Crippen LogP contribution is 2.00. The van der Waals surface area contributed by atoms with Crippen LogP contribution >= 0.6 is 0 Å². The molecule has 0 amide bonds. The number of hydrogen-bond acceptors (Lipinski definition) is 2. The van der Waals surface area contributed by atoms with Gasteiger partial charge in [-0.1, -0.05) is 72.6 Å². The van der Waals surface area contributed by atoms with Gasteiger partial charge in [-0.05, 0) is 12.8 Å². The average molecular weight is 276 g/mol. The predicted octanol–water partition coefficient (Wildman–Crippen LogP) is 5.02.